The Balaban J connectivity index is 1.56. The van der Waals surface area contributed by atoms with Crippen molar-refractivity contribution in [3.8, 4) is 0 Å². The Kier molecular flexibility index (Phi) is 4.99. The molecule has 1 aliphatic heterocycles. The minimum absolute atomic E-state index is 0.222. The van der Waals surface area contributed by atoms with Gasteiger partial charge in [0.05, 0.1) is 5.69 Å². The molecule has 2 aromatic rings. The lowest BCUT2D eigenvalue weighted by molar-refractivity contribution is 0.208. The van der Waals surface area contributed by atoms with Crippen molar-refractivity contribution in [2.24, 2.45) is 0 Å². The number of halogens is 1. The van der Waals surface area contributed by atoms with Gasteiger partial charge in [0.15, 0.2) is 0 Å². The van der Waals surface area contributed by atoms with Crippen LogP contribution in [0.1, 0.15) is 12.5 Å². The van der Waals surface area contributed by atoms with Crippen molar-refractivity contribution in [2.75, 3.05) is 36.4 Å². The van der Waals surface area contributed by atoms with E-state index in [-0.39, 0.29) is 11.7 Å². The van der Waals surface area contributed by atoms with Gasteiger partial charge in [-0.15, -0.1) is 0 Å². The Bertz CT molecular complexity index is 694. The number of carbonyl (C=O) groups is 1. The highest BCUT2D eigenvalue weighted by atomic mass is 19.1. The monoisotopic (exact) mass is 327 g/mol. The summed E-state index contributed by atoms with van der Waals surface area (Å²) in [5, 5.41) is 2.64. The summed E-state index contributed by atoms with van der Waals surface area (Å²) in [6, 6.07) is 14.5. The minimum Gasteiger partial charge on any atom is -0.368 e. The van der Waals surface area contributed by atoms with Crippen LogP contribution in [-0.2, 0) is 6.42 Å². The number of benzene rings is 2. The Morgan fingerprint density at radius 3 is 2.33 bits per heavy atom. The number of hydrogen-bond donors (Lipinski definition) is 1. The predicted molar refractivity (Wildman–Crippen MR) is 95.0 cm³/mol. The topological polar surface area (TPSA) is 35.6 Å². The van der Waals surface area contributed by atoms with E-state index in [1.807, 2.05) is 0 Å². The molecule has 1 saturated heterocycles. The number of nitrogens with one attached hydrogen (secondary N) is 1. The van der Waals surface area contributed by atoms with E-state index in [0.717, 1.165) is 19.5 Å². The van der Waals surface area contributed by atoms with E-state index in [9.17, 15) is 9.18 Å². The van der Waals surface area contributed by atoms with Crippen LogP contribution >= 0.6 is 0 Å². The van der Waals surface area contributed by atoms with Gasteiger partial charge >= 0.3 is 6.03 Å². The van der Waals surface area contributed by atoms with Gasteiger partial charge in [-0.05, 0) is 36.2 Å². The molecular weight excluding hydrogens is 305 g/mol. The molecule has 0 aliphatic carbocycles. The molecule has 0 spiro atoms. The molecule has 0 saturated carbocycles. The third-order valence-electron chi connectivity index (χ3n) is 4.39. The van der Waals surface area contributed by atoms with Gasteiger partial charge in [0.1, 0.15) is 5.82 Å². The fourth-order valence-electron chi connectivity index (χ4n) is 2.87. The first-order chi connectivity index (χ1) is 11.7. The second kappa shape index (κ2) is 7.34. The van der Waals surface area contributed by atoms with E-state index in [1.54, 1.807) is 23.1 Å². The molecule has 4 nitrogen and oxygen atoms in total. The van der Waals surface area contributed by atoms with Gasteiger partial charge in [0, 0.05) is 31.9 Å². The summed E-state index contributed by atoms with van der Waals surface area (Å²) >= 11 is 0. The summed E-state index contributed by atoms with van der Waals surface area (Å²) in [4.78, 5) is 16.3. The van der Waals surface area contributed by atoms with Crippen molar-refractivity contribution >= 4 is 17.4 Å². The highest BCUT2D eigenvalue weighted by Gasteiger charge is 2.21. The number of amides is 2. The number of rotatable bonds is 3. The number of para-hydroxylation sites is 1. The average Bonchev–Trinajstić information content (AvgIpc) is 2.64. The zero-order chi connectivity index (χ0) is 16.9. The van der Waals surface area contributed by atoms with Crippen LogP contribution in [0, 0.1) is 5.82 Å². The molecule has 0 bridgehead atoms. The number of anilines is 2. The van der Waals surface area contributed by atoms with Crippen LogP contribution < -0.4 is 10.2 Å². The third kappa shape index (κ3) is 3.67. The van der Waals surface area contributed by atoms with Crippen molar-refractivity contribution in [2.45, 2.75) is 13.3 Å². The van der Waals surface area contributed by atoms with Crippen LogP contribution in [0.3, 0.4) is 0 Å². The summed E-state index contributed by atoms with van der Waals surface area (Å²) in [5.41, 5.74) is 2.73. The third-order valence-corrected chi connectivity index (χ3v) is 4.39. The van der Waals surface area contributed by atoms with Crippen molar-refractivity contribution in [3.05, 3.63) is 59.9 Å². The Labute approximate surface area is 141 Å². The lowest BCUT2D eigenvalue weighted by atomic mass is 10.1. The lowest BCUT2D eigenvalue weighted by Crippen LogP contribution is -2.50. The van der Waals surface area contributed by atoms with Gasteiger partial charge in [-0.3, -0.25) is 0 Å². The predicted octanol–water partition coefficient (Wildman–Crippen LogP) is 3.74. The Morgan fingerprint density at radius 1 is 1.04 bits per heavy atom. The van der Waals surface area contributed by atoms with Gasteiger partial charge in [-0.25, -0.2) is 9.18 Å². The van der Waals surface area contributed by atoms with Crippen LogP contribution in [0.4, 0.5) is 20.6 Å². The molecule has 24 heavy (non-hydrogen) atoms. The van der Waals surface area contributed by atoms with Crippen LogP contribution in [0.25, 0.3) is 0 Å². The Morgan fingerprint density at radius 2 is 1.71 bits per heavy atom. The molecule has 0 radical (unpaired) electrons. The van der Waals surface area contributed by atoms with E-state index in [1.165, 1.54) is 17.3 Å². The molecule has 1 N–H and O–H groups in total. The number of piperazine rings is 1. The number of urea groups is 1. The van der Waals surface area contributed by atoms with Crippen LogP contribution in [0.2, 0.25) is 0 Å². The number of nitrogens with zero attached hydrogens (tertiary/aromatic N) is 2. The molecule has 5 heteroatoms. The van der Waals surface area contributed by atoms with Gasteiger partial charge in [0.25, 0.3) is 0 Å². The first-order valence-corrected chi connectivity index (χ1v) is 8.31. The quantitative estimate of drug-likeness (QED) is 0.932. The normalized spacial score (nSPS) is 14.6. The summed E-state index contributed by atoms with van der Waals surface area (Å²) in [6.45, 7) is 4.93. The van der Waals surface area contributed by atoms with E-state index in [0.29, 0.717) is 13.1 Å². The molecule has 2 aromatic carbocycles. The SMILES string of the molecule is CCc1ccc(N2CCN(C(=O)Nc3ccccc3F)CC2)cc1. The summed E-state index contributed by atoms with van der Waals surface area (Å²) in [7, 11) is 0. The zero-order valence-electron chi connectivity index (χ0n) is 13.8. The molecule has 0 unspecified atom stereocenters. The maximum Gasteiger partial charge on any atom is 0.322 e. The second-order valence-corrected chi connectivity index (χ2v) is 5.90. The largest absolute Gasteiger partial charge is 0.368 e. The van der Waals surface area contributed by atoms with E-state index < -0.39 is 5.82 Å². The van der Waals surface area contributed by atoms with Gasteiger partial charge in [-0.2, -0.15) is 0 Å². The molecular formula is C19H22FN3O. The molecule has 0 atom stereocenters. The minimum atomic E-state index is -0.416. The number of aryl methyl sites for hydroxylation is 1. The smallest absolute Gasteiger partial charge is 0.322 e. The molecule has 1 fully saturated rings. The van der Waals surface area contributed by atoms with Crippen LogP contribution in [-0.4, -0.2) is 37.1 Å². The van der Waals surface area contributed by atoms with Crippen molar-refractivity contribution < 1.29 is 9.18 Å². The molecule has 126 valence electrons. The Hall–Kier alpha value is -2.56. The van der Waals surface area contributed by atoms with Gasteiger partial charge in [0.2, 0.25) is 0 Å². The van der Waals surface area contributed by atoms with Crippen molar-refractivity contribution in [3.63, 3.8) is 0 Å². The molecule has 0 aromatic heterocycles. The van der Waals surface area contributed by atoms with Gasteiger partial charge in [-0.1, -0.05) is 31.2 Å². The van der Waals surface area contributed by atoms with Crippen LogP contribution in [0.5, 0.6) is 0 Å². The molecule has 3 rings (SSSR count). The van der Waals surface area contributed by atoms with Crippen molar-refractivity contribution in [1.82, 2.24) is 4.90 Å². The highest BCUT2D eigenvalue weighted by molar-refractivity contribution is 5.89. The summed E-state index contributed by atoms with van der Waals surface area (Å²) in [5.74, 6) is -0.416. The molecule has 1 aliphatic rings. The van der Waals surface area contributed by atoms with E-state index in [2.05, 4.69) is 41.4 Å². The van der Waals surface area contributed by atoms with E-state index in [4.69, 9.17) is 0 Å². The lowest BCUT2D eigenvalue weighted by Gasteiger charge is -2.36. The fraction of sp³-hybridized carbons (Fsp3) is 0.316. The summed E-state index contributed by atoms with van der Waals surface area (Å²) in [6.07, 6.45) is 1.03. The van der Waals surface area contributed by atoms with Crippen LogP contribution in [0.15, 0.2) is 48.5 Å². The molecule has 2 amide bonds. The average molecular weight is 327 g/mol. The molecule has 1 heterocycles. The number of hydrogen-bond acceptors (Lipinski definition) is 2. The fourth-order valence-corrected chi connectivity index (χ4v) is 2.87. The van der Waals surface area contributed by atoms with Crippen molar-refractivity contribution in [1.29, 1.82) is 0 Å². The maximum atomic E-state index is 13.6. The standard InChI is InChI=1S/C19H22FN3O/c1-2-15-7-9-16(10-8-15)22-11-13-23(14-12-22)19(24)21-18-6-4-3-5-17(18)20/h3-10H,2,11-14H2,1H3,(H,21,24). The highest BCUT2D eigenvalue weighted by Crippen LogP contribution is 2.19. The first kappa shape index (κ1) is 16.3. The zero-order valence-corrected chi connectivity index (χ0v) is 13.8. The maximum absolute atomic E-state index is 13.6. The first-order valence-electron chi connectivity index (χ1n) is 8.31. The van der Waals surface area contributed by atoms with Gasteiger partial charge < -0.3 is 15.1 Å². The number of carbonyl (C=O) groups excluding carboxylic acids is 1. The van der Waals surface area contributed by atoms with E-state index >= 15 is 0 Å². The summed E-state index contributed by atoms with van der Waals surface area (Å²) < 4.78 is 13.6. The second-order valence-electron chi connectivity index (χ2n) is 5.90.